The van der Waals surface area contributed by atoms with Gasteiger partial charge in [0.15, 0.2) is 0 Å². The van der Waals surface area contributed by atoms with E-state index in [-0.39, 0.29) is 12.5 Å². The summed E-state index contributed by atoms with van der Waals surface area (Å²) in [4.78, 5) is 12.2. The SMILES string of the molecule is CCCOc1cccc(NC(=O)CNc2ccc(OCCc3ccccc3)cc2)c1. The molecular formula is C25H28N2O3. The number of nitrogens with one attached hydrogen (secondary N) is 2. The van der Waals surface area contributed by atoms with Crippen LogP contribution in [0.15, 0.2) is 78.9 Å². The van der Waals surface area contributed by atoms with Gasteiger partial charge in [0.1, 0.15) is 11.5 Å². The molecule has 0 radical (unpaired) electrons. The first-order chi connectivity index (χ1) is 14.7. The molecule has 0 heterocycles. The molecule has 0 aliphatic heterocycles. The van der Waals surface area contributed by atoms with Crippen LogP contribution in [0.25, 0.3) is 0 Å². The van der Waals surface area contributed by atoms with Gasteiger partial charge in [-0.3, -0.25) is 4.79 Å². The van der Waals surface area contributed by atoms with Crippen molar-refractivity contribution < 1.29 is 14.3 Å². The lowest BCUT2D eigenvalue weighted by molar-refractivity contribution is -0.114. The van der Waals surface area contributed by atoms with Crippen molar-refractivity contribution in [1.82, 2.24) is 0 Å². The quantitative estimate of drug-likeness (QED) is 0.464. The van der Waals surface area contributed by atoms with E-state index in [1.807, 2.05) is 66.7 Å². The monoisotopic (exact) mass is 404 g/mol. The van der Waals surface area contributed by atoms with Crippen LogP contribution >= 0.6 is 0 Å². The summed E-state index contributed by atoms with van der Waals surface area (Å²) in [6, 6.07) is 25.3. The second-order valence-corrected chi connectivity index (χ2v) is 6.89. The smallest absolute Gasteiger partial charge is 0.243 e. The van der Waals surface area contributed by atoms with E-state index in [2.05, 4.69) is 29.7 Å². The van der Waals surface area contributed by atoms with Gasteiger partial charge in [-0.15, -0.1) is 0 Å². The first-order valence-electron chi connectivity index (χ1n) is 10.3. The Morgan fingerprint density at radius 1 is 0.800 bits per heavy atom. The lowest BCUT2D eigenvalue weighted by Gasteiger charge is -2.11. The second-order valence-electron chi connectivity index (χ2n) is 6.89. The Kier molecular flexibility index (Phi) is 8.15. The Morgan fingerprint density at radius 3 is 2.33 bits per heavy atom. The zero-order valence-corrected chi connectivity index (χ0v) is 17.3. The number of benzene rings is 3. The average molecular weight is 405 g/mol. The maximum absolute atomic E-state index is 12.2. The van der Waals surface area contributed by atoms with E-state index in [1.54, 1.807) is 0 Å². The normalized spacial score (nSPS) is 10.3. The van der Waals surface area contributed by atoms with Gasteiger partial charge in [0.05, 0.1) is 19.8 Å². The summed E-state index contributed by atoms with van der Waals surface area (Å²) in [7, 11) is 0. The molecule has 5 heteroatoms. The maximum atomic E-state index is 12.2. The van der Waals surface area contributed by atoms with Crippen LogP contribution in [0.5, 0.6) is 11.5 Å². The van der Waals surface area contributed by atoms with Crippen LogP contribution in [0.1, 0.15) is 18.9 Å². The van der Waals surface area contributed by atoms with Crippen molar-refractivity contribution in [3.63, 3.8) is 0 Å². The third-order valence-electron chi connectivity index (χ3n) is 4.40. The van der Waals surface area contributed by atoms with Crippen molar-refractivity contribution in [2.24, 2.45) is 0 Å². The predicted molar refractivity (Wildman–Crippen MR) is 121 cm³/mol. The molecule has 0 aromatic heterocycles. The summed E-state index contributed by atoms with van der Waals surface area (Å²) in [6.07, 6.45) is 1.81. The van der Waals surface area contributed by atoms with Gasteiger partial charge in [-0.25, -0.2) is 0 Å². The third kappa shape index (κ3) is 7.17. The highest BCUT2D eigenvalue weighted by Gasteiger charge is 2.04. The standard InChI is InChI=1S/C25H28N2O3/c1-2-16-29-24-10-6-9-22(18-24)27-25(28)19-26-21-11-13-23(14-12-21)30-17-15-20-7-4-3-5-8-20/h3-14,18,26H,2,15-17,19H2,1H3,(H,27,28). The summed E-state index contributed by atoms with van der Waals surface area (Å²) < 4.78 is 11.4. The minimum atomic E-state index is -0.120. The minimum Gasteiger partial charge on any atom is -0.494 e. The molecule has 156 valence electrons. The Hall–Kier alpha value is -3.47. The largest absolute Gasteiger partial charge is 0.494 e. The van der Waals surface area contributed by atoms with Crippen LogP contribution in [-0.2, 0) is 11.2 Å². The molecule has 0 aliphatic rings. The maximum Gasteiger partial charge on any atom is 0.243 e. The van der Waals surface area contributed by atoms with E-state index in [4.69, 9.17) is 9.47 Å². The van der Waals surface area contributed by atoms with Crippen LogP contribution < -0.4 is 20.1 Å². The van der Waals surface area contributed by atoms with E-state index in [9.17, 15) is 4.79 Å². The van der Waals surface area contributed by atoms with Crippen molar-refractivity contribution >= 4 is 17.3 Å². The fourth-order valence-corrected chi connectivity index (χ4v) is 2.87. The van der Waals surface area contributed by atoms with Gasteiger partial charge < -0.3 is 20.1 Å². The Morgan fingerprint density at radius 2 is 1.57 bits per heavy atom. The lowest BCUT2D eigenvalue weighted by Crippen LogP contribution is -2.21. The average Bonchev–Trinajstić information content (AvgIpc) is 2.78. The number of rotatable bonds is 11. The highest BCUT2D eigenvalue weighted by molar-refractivity contribution is 5.93. The molecule has 0 unspecified atom stereocenters. The predicted octanol–water partition coefficient (Wildman–Crippen LogP) is 5.15. The molecule has 30 heavy (non-hydrogen) atoms. The summed E-state index contributed by atoms with van der Waals surface area (Å²) >= 11 is 0. The van der Waals surface area contributed by atoms with Crippen molar-refractivity contribution in [2.75, 3.05) is 30.4 Å². The van der Waals surface area contributed by atoms with Gasteiger partial charge in [0.25, 0.3) is 0 Å². The summed E-state index contributed by atoms with van der Waals surface area (Å²) in [5.41, 5.74) is 2.84. The number of hydrogen-bond acceptors (Lipinski definition) is 4. The fraction of sp³-hybridized carbons (Fsp3) is 0.240. The first-order valence-corrected chi connectivity index (χ1v) is 10.3. The third-order valence-corrected chi connectivity index (χ3v) is 4.40. The Balaban J connectivity index is 1.40. The summed E-state index contributed by atoms with van der Waals surface area (Å²) in [6.45, 7) is 3.51. The van der Waals surface area contributed by atoms with Crippen LogP contribution in [0.2, 0.25) is 0 Å². The van der Waals surface area contributed by atoms with E-state index < -0.39 is 0 Å². The summed E-state index contributed by atoms with van der Waals surface area (Å²) in [5.74, 6) is 1.45. The van der Waals surface area contributed by atoms with Crippen molar-refractivity contribution in [2.45, 2.75) is 19.8 Å². The molecule has 3 rings (SSSR count). The van der Waals surface area contributed by atoms with Gasteiger partial charge in [-0.05, 0) is 48.4 Å². The zero-order chi connectivity index (χ0) is 21.0. The van der Waals surface area contributed by atoms with Crippen LogP contribution in [0.3, 0.4) is 0 Å². The van der Waals surface area contributed by atoms with Crippen LogP contribution in [0.4, 0.5) is 11.4 Å². The summed E-state index contributed by atoms with van der Waals surface area (Å²) in [5, 5.41) is 6.00. The van der Waals surface area contributed by atoms with Crippen LogP contribution in [0, 0.1) is 0 Å². The van der Waals surface area contributed by atoms with Gasteiger partial charge in [-0.1, -0.05) is 43.3 Å². The number of carbonyl (C=O) groups is 1. The Labute approximate surface area is 178 Å². The lowest BCUT2D eigenvalue weighted by atomic mass is 10.2. The van der Waals surface area contributed by atoms with Gasteiger partial charge in [0, 0.05) is 23.9 Å². The fourth-order valence-electron chi connectivity index (χ4n) is 2.87. The van der Waals surface area contributed by atoms with E-state index in [1.165, 1.54) is 5.56 Å². The van der Waals surface area contributed by atoms with Gasteiger partial charge in [0.2, 0.25) is 5.91 Å². The molecule has 0 spiro atoms. The van der Waals surface area contributed by atoms with Gasteiger partial charge >= 0.3 is 0 Å². The van der Waals surface area contributed by atoms with Crippen LogP contribution in [-0.4, -0.2) is 25.7 Å². The number of amides is 1. The molecule has 0 fully saturated rings. The molecule has 0 saturated heterocycles. The molecule has 0 saturated carbocycles. The second kappa shape index (κ2) is 11.5. The molecule has 3 aromatic rings. The minimum absolute atomic E-state index is 0.120. The van der Waals surface area contributed by atoms with Crippen molar-refractivity contribution in [3.8, 4) is 11.5 Å². The molecule has 5 nitrogen and oxygen atoms in total. The molecule has 1 amide bonds. The number of ether oxygens (including phenoxy) is 2. The van der Waals surface area contributed by atoms with E-state index in [0.717, 1.165) is 35.7 Å². The molecular weight excluding hydrogens is 376 g/mol. The highest BCUT2D eigenvalue weighted by atomic mass is 16.5. The van der Waals surface area contributed by atoms with E-state index >= 15 is 0 Å². The molecule has 0 atom stereocenters. The van der Waals surface area contributed by atoms with Crippen molar-refractivity contribution in [1.29, 1.82) is 0 Å². The first kappa shape index (κ1) is 21.2. The van der Waals surface area contributed by atoms with Crippen molar-refractivity contribution in [3.05, 3.63) is 84.4 Å². The molecule has 0 aliphatic carbocycles. The highest BCUT2D eigenvalue weighted by Crippen LogP contribution is 2.18. The topological polar surface area (TPSA) is 59.6 Å². The number of carbonyl (C=O) groups excluding carboxylic acids is 1. The zero-order valence-electron chi connectivity index (χ0n) is 17.3. The van der Waals surface area contributed by atoms with Gasteiger partial charge in [-0.2, -0.15) is 0 Å². The molecule has 3 aromatic carbocycles. The van der Waals surface area contributed by atoms with E-state index in [0.29, 0.717) is 13.2 Å². The number of anilines is 2. The molecule has 2 N–H and O–H groups in total. The molecule has 0 bridgehead atoms. The Bertz CT molecular complexity index is 911. The number of hydrogen-bond donors (Lipinski definition) is 2.